The summed E-state index contributed by atoms with van der Waals surface area (Å²) in [6, 6.07) is 10.8. The summed E-state index contributed by atoms with van der Waals surface area (Å²) in [5.74, 6) is 0.685. The van der Waals surface area contributed by atoms with Crippen molar-refractivity contribution in [1.29, 1.82) is 0 Å². The highest BCUT2D eigenvalue weighted by atomic mass is 19.4. The second-order valence-corrected chi connectivity index (χ2v) is 7.29. The zero-order chi connectivity index (χ0) is 20.4. The summed E-state index contributed by atoms with van der Waals surface area (Å²) in [6.45, 7) is 5.38. The number of guanidine groups is 1. The van der Waals surface area contributed by atoms with Crippen LogP contribution in [0.25, 0.3) is 0 Å². The highest BCUT2D eigenvalue weighted by Crippen LogP contribution is 2.15. The Kier molecular flexibility index (Phi) is 9.05. The van der Waals surface area contributed by atoms with E-state index in [0.717, 1.165) is 39.0 Å². The van der Waals surface area contributed by atoms with Gasteiger partial charge in [0.25, 0.3) is 0 Å². The number of likely N-dealkylation sites (N-methyl/N-ethyl adjacent to an activating group) is 1. The van der Waals surface area contributed by atoms with Gasteiger partial charge in [-0.1, -0.05) is 30.3 Å². The average molecular weight is 400 g/mol. The molecule has 0 aliphatic carbocycles. The molecule has 158 valence electrons. The van der Waals surface area contributed by atoms with Gasteiger partial charge in [0, 0.05) is 38.8 Å². The molecule has 1 heterocycles. The van der Waals surface area contributed by atoms with Gasteiger partial charge in [-0.15, -0.1) is 0 Å². The van der Waals surface area contributed by atoms with Crippen molar-refractivity contribution in [2.45, 2.75) is 38.5 Å². The number of rotatable bonds is 8. The monoisotopic (exact) mass is 399 g/mol. The Balaban J connectivity index is 1.74. The van der Waals surface area contributed by atoms with Gasteiger partial charge in [0.2, 0.25) is 0 Å². The van der Waals surface area contributed by atoms with Crippen LogP contribution in [0.5, 0.6) is 0 Å². The number of benzene rings is 1. The minimum Gasteiger partial charge on any atom is -0.357 e. The molecule has 0 saturated carbocycles. The fourth-order valence-corrected chi connectivity index (χ4v) is 3.31. The number of halogens is 3. The molecule has 5 nitrogen and oxygen atoms in total. The maximum Gasteiger partial charge on any atom is 0.401 e. The maximum atomic E-state index is 12.4. The van der Waals surface area contributed by atoms with Crippen LogP contribution in [0.1, 0.15) is 25.3 Å². The molecule has 1 aliphatic rings. The molecule has 1 fully saturated rings. The van der Waals surface area contributed by atoms with Gasteiger partial charge in [-0.05, 0) is 32.4 Å². The van der Waals surface area contributed by atoms with Gasteiger partial charge in [0.05, 0.1) is 13.1 Å². The summed E-state index contributed by atoms with van der Waals surface area (Å²) < 4.78 is 37.2. The van der Waals surface area contributed by atoms with Crippen molar-refractivity contribution in [3.05, 3.63) is 35.9 Å². The summed E-state index contributed by atoms with van der Waals surface area (Å²) in [6.07, 6.45) is -2.13. The number of nitrogens with zero attached hydrogens (tertiary/aromatic N) is 3. The second kappa shape index (κ2) is 11.3. The number of alkyl halides is 3. The van der Waals surface area contributed by atoms with E-state index in [1.807, 2.05) is 13.0 Å². The van der Waals surface area contributed by atoms with Crippen molar-refractivity contribution in [3.63, 3.8) is 0 Å². The molecule has 28 heavy (non-hydrogen) atoms. The maximum absolute atomic E-state index is 12.4. The molecule has 0 aromatic heterocycles. The van der Waals surface area contributed by atoms with Crippen LogP contribution in [0.4, 0.5) is 13.2 Å². The minimum atomic E-state index is -4.17. The van der Waals surface area contributed by atoms with Gasteiger partial charge in [0.15, 0.2) is 5.96 Å². The third kappa shape index (κ3) is 8.93. The quantitative estimate of drug-likeness (QED) is 0.521. The fourth-order valence-electron chi connectivity index (χ4n) is 3.31. The van der Waals surface area contributed by atoms with Crippen LogP contribution < -0.4 is 10.6 Å². The Bertz CT molecular complexity index is 583. The van der Waals surface area contributed by atoms with Crippen LogP contribution in [0.15, 0.2) is 35.3 Å². The molecule has 1 saturated heterocycles. The van der Waals surface area contributed by atoms with Crippen molar-refractivity contribution in [1.82, 2.24) is 20.4 Å². The van der Waals surface area contributed by atoms with E-state index in [4.69, 9.17) is 0 Å². The zero-order valence-corrected chi connectivity index (χ0v) is 16.8. The third-order valence-electron chi connectivity index (χ3n) is 4.72. The minimum absolute atomic E-state index is 0.269. The van der Waals surface area contributed by atoms with Crippen LogP contribution >= 0.6 is 0 Å². The summed E-state index contributed by atoms with van der Waals surface area (Å²) in [7, 11) is 1.46. The lowest BCUT2D eigenvalue weighted by Crippen LogP contribution is -2.48. The first kappa shape index (κ1) is 22.5. The molecule has 2 rings (SSSR count). The average Bonchev–Trinajstić information content (AvgIpc) is 2.63. The van der Waals surface area contributed by atoms with Crippen molar-refractivity contribution in [2.75, 3.05) is 46.3 Å². The topological polar surface area (TPSA) is 42.9 Å². The number of likely N-dealkylation sites (tertiary alicyclic amines) is 1. The summed E-state index contributed by atoms with van der Waals surface area (Å²) in [4.78, 5) is 8.13. The van der Waals surface area contributed by atoms with E-state index in [9.17, 15) is 13.2 Å². The van der Waals surface area contributed by atoms with Gasteiger partial charge in [-0.2, -0.15) is 13.2 Å². The number of hydrogen-bond acceptors (Lipinski definition) is 3. The van der Waals surface area contributed by atoms with Crippen molar-refractivity contribution in [2.24, 2.45) is 4.99 Å². The van der Waals surface area contributed by atoms with Gasteiger partial charge in [-0.25, -0.2) is 0 Å². The first-order valence-electron chi connectivity index (χ1n) is 9.92. The van der Waals surface area contributed by atoms with Crippen LogP contribution in [0.2, 0.25) is 0 Å². The lowest BCUT2D eigenvalue weighted by atomic mass is 10.0. The highest BCUT2D eigenvalue weighted by molar-refractivity contribution is 5.80. The first-order valence-corrected chi connectivity index (χ1v) is 9.92. The molecule has 0 spiro atoms. The largest absolute Gasteiger partial charge is 0.401 e. The van der Waals surface area contributed by atoms with Crippen molar-refractivity contribution >= 4 is 5.96 Å². The van der Waals surface area contributed by atoms with Gasteiger partial charge in [0.1, 0.15) is 0 Å². The molecule has 1 aromatic rings. The SMILES string of the molecule is CCNC(=NCCN(C)CC(F)(F)F)NC1CCN(Cc2ccccc2)CC1. The molecule has 1 aliphatic heterocycles. The molecule has 0 radical (unpaired) electrons. The second-order valence-electron chi connectivity index (χ2n) is 7.29. The Morgan fingerprint density at radius 2 is 1.89 bits per heavy atom. The highest BCUT2D eigenvalue weighted by Gasteiger charge is 2.28. The normalized spacial score (nSPS) is 17.1. The molecular formula is C20H32F3N5. The van der Waals surface area contributed by atoms with Crippen LogP contribution in [0.3, 0.4) is 0 Å². The Labute approximate surface area is 166 Å². The molecule has 1 aromatic carbocycles. The predicted octanol–water partition coefficient (Wildman–Crippen LogP) is 2.70. The van der Waals surface area contributed by atoms with Crippen molar-refractivity contribution in [3.8, 4) is 0 Å². The Morgan fingerprint density at radius 1 is 1.21 bits per heavy atom. The summed E-state index contributed by atoms with van der Waals surface area (Å²) in [5.41, 5.74) is 1.33. The Morgan fingerprint density at radius 3 is 2.50 bits per heavy atom. The van der Waals surface area contributed by atoms with E-state index in [2.05, 4.69) is 44.8 Å². The van der Waals surface area contributed by atoms with Crippen LogP contribution in [0, 0.1) is 0 Å². The van der Waals surface area contributed by atoms with Gasteiger partial charge in [-0.3, -0.25) is 14.8 Å². The molecule has 0 bridgehead atoms. The van der Waals surface area contributed by atoms with E-state index in [1.54, 1.807) is 0 Å². The number of aliphatic imine (C=N–C) groups is 1. The molecule has 8 heteroatoms. The molecule has 0 atom stereocenters. The predicted molar refractivity (Wildman–Crippen MR) is 107 cm³/mol. The lowest BCUT2D eigenvalue weighted by Gasteiger charge is -2.33. The van der Waals surface area contributed by atoms with E-state index in [1.165, 1.54) is 17.5 Å². The molecular weight excluding hydrogens is 367 g/mol. The van der Waals surface area contributed by atoms with Gasteiger partial charge >= 0.3 is 6.18 Å². The zero-order valence-electron chi connectivity index (χ0n) is 16.8. The number of hydrogen-bond donors (Lipinski definition) is 2. The molecule has 0 unspecified atom stereocenters. The third-order valence-corrected chi connectivity index (χ3v) is 4.72. The van der Waals surface area contributed by atoms with Crippen LogP contribution in [-0.2, 0) is 6.54 Å². The van der Waals surface area contributed by atoms with E-state index < -0.39 is 12.7 Å². The molecule has 2 N–H and O–H groups in total. The van der Waals surface area contributed by atoms with E-state index in [-0.39, 0.29) is 6.54 Å². The smallest absolute Gasteiger partial charge is 0.357 e. The van der Waals surface area contributed by atoms with E-state index in [0.29, 0.717) is 18.5 Å². The number of nitrogens with one attached hydrogen (secondary N) is 2. The number of piperidine rings is 1. The van der Waals surface area contributed by atoms with Crippen molar-refractivity contribution < 1.29 is 13.2 Å². The van der Waals surface area contributed by atoms with Crippen LogP contribution in [-0.4, -0.2) is 74.3 Å². The lowest BCUT2D eigenvalue weighted by molar-refractivity contribution is -0.142. The van der Waals surface area contributed by atoms with Gasteiger partial charge < -0.3 is 10.6 Å². The Hall–Kier alpha value is -1.80. The standard InChI is InChI=1S/C20H32F3N5/c1-3-24-19(25-11-14-27(2)16-20(21,22)23)26-18-9-12-28(13-10-18)15-17-7-5-4-6-8-17/h4-8,18H,3,9-16H2,1-2H3,(H2,24,25,26). The summed E-state index contributed by atoms with van der Waals surface area (Å²) >= 11 is 0. The molecule has 0 amide bonds. The summed E-state index contributed by atoms with van der Waals surface area (Å²) in [5, 5.41) is 6.62. The first-order chi connectivity index (χ1) is 13.4. The van der Waals surface area contributed by atoms with E-state index >= 15 is 0 Å². The fraction of sp³-hybridized carbons (Fsp3) is 0.650.